The Morgan fingerprint density at radius 1 is 0.500 bits per heavy atom. The minimum Gasteiger partial charge on any atom is -0.508 e. The predicted octanol–water partition coefficient (Wildman–Crippen LogP) is -5.77. The number of benzene rings is 2. The molecule has 4 N–H and O–H groups in total. The van der Waals surface area contributed by atoms with Crippen LogP contribution >= 0.6 is 15.9 Å². The van der Waals surface area contributed by atoms with Crippen LogP contribution in [0.5, 0.6) is 23.0 Å². The van der Waals surface area contributed by atoms with Crippen molar-refractivity contribution in [3.63, 3.8) is 0 Å². The molecule has 2 aromatic rings. The second-order valence-electron chi connectivity index (χ2n) is 5.58. The molecule has 0 heterocycles. The predicted molar refractivity (Wildman–Crippen MR) is 107 cm³/mol. The van der Waals surface area contributed by atoms with Crippen molar-refractivity contribution >= 4 is 82.5 Å². The van der Waals surface area contributed by atoms with Crippen molar-refractivity contribution in [2.75, 3.05) is 0 Å². The molecule has 0 unspecified atom stereocenters. The molecule has 0 aromatic heterocycles. The van der Waals surface area contributed by atoms with Gasteiger partial charge in [0.1, 0.15) is 45.0 Å². The molecule has 10 heteroatoms. The summed E-state index contributed by atoms with van der Waals surface area (Å²) in [7, 11) is 8.91. The zero-order valence-electron chi connectivity index (χ0n) is 13.2. The van der Waals surface area contributed by atoms with Crippen LogP contribution in [0.1, 0.15) is 0 Å². The summed E-state index contributed by atoms with van der Waals surface area (Å²) < 4.78 is 0.808. The number of halogens is 1. The van der Waals surface area contributed by atoms with Crippen LogP contribution in [0.15, 0.2) is 4.47 Å². The lowest BCUT2D eigenvalue weighted by atomic mass is 9.68. The summed E-state index contributed by atoms with van der Waals surface area (Å²) in [5.41, 5.74) is 4.25. The first-order valence-electron chi connectivity index (χ1n) is 6.83. The fourth-order valence-corrected chi connectivity index (χ4v) is 3.15. The van der Waals surface area contributed by atoms with Gasteiger partial charge in [-0.05, 0) is 10.9 Å². The lowest BCUT2D eigenvalue weighted by Crippen LogP contribution is -2.37. The van der Waals surface area contributed by atoms with Crippen molar-refractivity contribution in [3.05, 3.63) is 4.47 Å². The molecule has 0 spiro atoms. The number of aromatic hydroxyl groups is 4. The summed E-state index contributed by atoms with van der Waals surface area (Å²) in [6, 6.07) is 0. The SMILES string of the molecule is Bc1c(B)c(-c2c(B)c(B)c(Br)c(B)c2O)c(O)c(O)c1O. The fourth-order valence-electron chi connectivity index (χ4n) is 2.67. The van der Waals surface area contributed by atoms with Crippen LogP contribution in [0.3, 0.4) is 0 Å². The summed E-state index contributed by atoms with van der Waals surface area (Å²) in [5, 5.41) is 40.6. The molecule has 0 aliphatic carbocycles. The molecule has 0 amide bonds. The number of hydrogen-bond acceptors (Lipinski definition) is 4. The van der Waals surface area contributed by atoms with E-state index in [4.69, 9.17) is 0 Å². The standard InChI is InChI=1S/C12H14B5BrO4/c13-3-1(9(19)7(17)8(18)5(3)15)2-4(14)6(16)11(21)12(22)10(2)20/h19-22H,13-17H2. The highest BCUT2D eigenvalue weighted by Gasteiger charge is 2.24. The average molecular weight is 356 g/mol. The Kier molecular flexibility index (Phi) is 4.26. The van der Waals surface area contributed by atoms with Gasteiger partial charge in [0.25, 0.3) is 0 Å². The van der Waals surface area contributed by atoms with E-state index in [0.717, 1.165) is 15.4 Å². The monoisotopic (exact) mass is 356 g/mol. The highest BCUT2D eigenvalue weighted by molar-refractivity contribution is 9.10. The lowest BCUT2D eigenvalue weighted by molar-refractivity contribution is 0.371. The van der Waals surface area contributed by atoms with Crippen molar-refractivity contribution in [2.45, 2.75) is 0 Å². The summed E-state index contributed by atoms with van der Waals surface area (Å²) in [5.74, 6) is -1.31. The number of rotatable bonds is 1. The lowest BCUT2D eigenvalue weighted by Gasteiger charge is -2.21. The minimum atomic E-state index is -0.574. The molecule has 0 aliphatic heterocycles. The third-order valence-electron chi connectivity index (χ3n) is 4.42. The largest absolute Gasteiger partial charge is 0.508 e. The Hall–Kier alpha value is -1.56. The maximum atomic E-state index is 10.6. The first-order valence-corrected chi connectivity index (χ1v) is 7.63. The van der Waals surface area contributed by atoms with Gasteiger partial charge in [0, 0.05) is 15.6 Å². The van der Waals surface area contributed by atoms with Gasteiger partial charge in [0.2, 0.25) is 0 Å². The third kappa shape index (κ3) is 2.21. The maximum absolute atomic E-state index is 10.6. The normalized spacial score (nSPS) is 10.8. The summed E-state index contributed by atoms with van der Waals surface area (Å²) in [4.78, 5) is 0. The summed E-state index contributed by atoms with van der Waals surface area (Å²) in [6.45, 7) is 0. The average Bonchev–Trinajstić information content (AvgIpc) is 2.50. The molecule has 0 saturated carbocycles. The van der Waals surface area contributed by atoms with E-state index in [1.165, 1.54) is 0 Å². The molecular formula is C12H14B5BrO4. The Balaban J connectivity index is 3.03. The van der Waals surface area contributed by atoms with E-state index in [1.54, 1.807) is 23.5 Å². The third-order valence-corrected chi connectivity index (χ3v) is 5.61. The van der Waals surface area contributed by atoms with Crippen LogP contribution in [0.2, 0.25) is 0 Å². The van der Waals surface area contributed by atoms with E-state index in [1.807, 2.05) is 15.7 Å². The first kappa shape index (κ1) is 16.8. The van der Waals surface area contributed by atoms with Crippen molar-refractivity contribution in [1.82, 2.24) is 0 Å². The van der Waals surface area contributed by atoms with Gasteiger partial charge >= 0.3 is 0 Å². The van der Waals surface area contributed by atoms with Gasteiger partial charge in [-0.3, -0.25) is 0 Å². The molecule has 2 rings (SSSR count). The van der Waals surface area contributed by atoms with E-state index in [9.17, 15) is 20.4 Å². The topological polar surface area (TPSA) is 80.9 Å². The highest BCUT2D eigenvalue weighted by atomic mass is 79.9. The minimum absolute atomic E-state index is 0.0397. The molecule has 0 radical (unpaired) electrons. The molecule has 2 aromatic carbocycles. The molecule has 4 nitrogen and oxygen atoms in total. The molecule has 0 saturated heterocycles. The van der Waals surface area contributed by atoms with E-state index in [0.29, 0.717) is 27.5 Å². The van der Waals surface area contributed by atoms with Crippen LogP contribution in [0, 0.1) is 0 Å². The van der Waals surface area contributed by atoms with Gasteiger partial charge in [-0.2, -0.15) is 0 Å². The summed E-state index contributed by atoms with van der Waals surface area (Å²) >= 11 is 3.45. The van der Waals surface area contributed by atoms with Crippen LogP contribution in [0.25, 0.3) is 11.1 Å². The van der Waals surface area contributed by atoms with Crippen molar-refractivity contribution in [3.8, 4) is 34.1 Å². The number of phenols is 4. The zero-order valence-corrected chi connectivity index (χ0v) is 14.8. The first-order chi connectivity index (χ1) is 10.1. The van der Waals surface area contributed by atoms with E-state index in [2.05, 4.69) is 15.9 Å². The van der Waals surface area contributed by atoms with Gasteiger partial charge in [-0.25, -0.2) is 0 Å². The summed E-state index contributed by atoms with van der Waals surface area (Å²) in [6.07, 6.45) is 0. The van der Waals surface area contributed by atoms with Gasteiger partial charge in [0.05, 0.1) is 0 Å². The van der Waals surface area contributed by atoms with E-state index < -0.39 is 11.5 Å². The van der Waals surface area contributed by atoms with Crippen LogP contribution in [-0.2, 0) is 0 Å². The quantitative estimate of drug-likeness (QED) is 0.303. The van der Waals surface area contributed by atoms with Gasteiger partial charge in [0.15, 0.2) is 17.2 Å². The molecule has 0 fully saturated rings. The van der Waals surface area contributed by atoms with Gasteiger partial charge < -0.3 is 20.4 Å². The van der Waals surface area contributed by atoms with E-state index >= 15 is 0 Å². The fraction of sp³-hybridized carbons (Fsp3) is 0. The van der Waals surface area contributed by atoms with Gasteiger partial charge in [-0.1, -0.05) is 32.3 Å². The molecule has 22 heavy (non-hydrogen) atoms. The maximum Gasteiger partial charge on any atom is 0.200 e. The van der Waals surface area contributed by atoms with Crippen molar-refractivity contribution < 1.29 is 20.4 Å². The molecule has 0 aliphatic rings. The smallest absolute Gasteiger partial charge is 0.200 e. The Morgan fingerprint density at radius 2 is 0.955 bits per heavy atom. The second-order valence-corrected chi connectivity index (χ2v) is 6.38. The highest BCUT2D eigenvalue weighted by Crippen LogP contribution is 2.41. The van der Waals surface area contributed by atoms with Crippen molar-refractivity contribution in [1.29, 1.82) is 0 Å². The van der Waals surface area contributed by atoms with Crippen LogP contribution in [-0.4, -0.2) is 59.7 Å². The Morgan fingerprint density at radius 3 is 1.50 bits per heavy atom. The van der Waals surface area contributed by atoms with Gasteiger partial charge in [-0.15, -0.1) is 0 Å². The van der Waals surface area contributed by atoms with Crippen molar-refractivity contribution in [2.24, 2.45) is 0 Å². The number of hydrogen-bond donors (Lipinski definition) is 4. The van der Waals surface area contributed by atoms with Crippen LogP contribution < -0.4 is 27.3 Å². The molecule has 0 atom stereocenters. The van der Waals surface area contributed by atoms with Crippen LogP contribution in [0.4, 0.5) is 0 Å². The van der Waals surface area contributed by atoms with E-state index in [-0.39, 0.29) is 11.5 Å². The molecule has 108 valence electrons. The second kappa shape index (κ2) is 5.58. The number of phenolic OH excluding ortho intramolecular Hbond substituents is 4. The Bertz CT molecular complexity index is 684. The molecular weight excluding hydrogens is 342 g/mol. The Labute approximate surface area is 141 Å². The zero-order chi connectivity index (χ0) is 16.9. The molecule has 0 bridgehead atoms.